The summed E-state index contributed by atoms with van der Waals surface area (Å²) in [5.41, 5.74) is 1.57. The summed E-state index contributed by atoms with van der Waals surface area (Å²) < 4.78 is 11.3. The van der Waals surface area contributed by atoms with Gasteiger partial charge in [-0.15, -0.1) is 0 Å². The lowest BCUT2D eigenvalue weighted by atomic mass is 9.88. The first-order valence-corrected chi connectivity index (χ1v) is 9.05. The van der Waals surface area contributed by atoms with Gasteiger partial charge < -0.3 is 20.1 Å². The molecule has 2 aliphatic rings. The van der Waals surface area contributed by atoms with Gasteiger partial charge in [0.1, 0.15) is 5.75 Å². The SMILES string of the molecule is CC1CCCCC1OCCNC(=O)COc1ccc2c(c1)C(=O)NC2. The fraction of sp³-hybridized carbons (Fsp3) is 0.579. The minimum absolute atomic E-state index is 0.0692. The molecule has 0 saturated heterocycles. The van der Waals surface area contributed by atoms with Crippen molar-refractivity contribution in [3.63, 3.8) is 0 Å². The van der Waals surface area contributed by atoms with Crippen molar-refractivity contribution >= 4 is 11.8 Å². The zero-order valence-corrected chi connectivity index (χ0v) is 14.7. The standard InChI is InChI=1S/C19H26N2O4/c1-13-4-2-3-5-17(13)24-9-8-20-18(22)12-25-15-7-6-14-11-21-19(23)16(14)10-15/h6-7,10,13,17H,2-5,8-9,11-12H2,1H3,(H,20,22)(H,21,23). The maximum absolute atomic E-state index is 11.9. The molecule has 1 fully saturated rings. The van der Waals surface area contributed by atoms with Gasteiger partial charge in [-0.1, -0.05) is 25.8 Å². The molecule has 2 amide bonds. The van der Waals surface area contributed by atoms with E-state index in [-0.39, 0.29) is 18.4 Å². The van der Waals surface area contributed by atoms with Crippen LogP contribution in [-0.4, -0.2) is 37.7 Å². The largest absolute Gasteiger partial charge is 0.484 e. The minimum Gasteiger partial charge on any atom is -0.484 e. The van der Waals surface area contributed by atoms with Gasteiger partial charge in [-0.25, -0.2) is 0 Å². The highest BCUT2D eigenvalue weighted by Crippen LogP contribution is 2.26. The van der Waals surface area contributed by atoms with Crippen LogP contribution in [0.25, 0.3) is 0 Å². The van der Waals surface area contributed by atoms with Crippen LogP contribution >= 0.6 is 0 Å². The quantitative estimate of drug-likeness (QED) is 0.741. The van der Waals surface area contributed by atoms with E-state index in [1.54, 1.807) is 12.1 Å². The lowest BCUT2D eigenvalue weighted by Crippen LogP contribution is -2.34. The van der Waals surface area contributed by atoms with Crippen molar-refractivity contribution in [2.45, 2.75) is 45.3 Å². The molecule has 6 heteroatoms. The summed E-state index contributed by atoms with van der Waals surface area (Å²) >= 11 is 0. The molecular weight excluding hydrogens is 320 g/mol. The molecule has 0 radical (unpaired) electrons. The number of benzene rings is 1. The van der Waals surface area contributed by atoms with E-state index in [1.807, 2.05) is 6.07 Å². The van der Waals surface area contributed by atoms with Crippen molar-refractivity contribution in [2.24, 2.45) is 5.92 Å². The lowest BCUT2D eigenvalue weighted by Gasteiger charge is -2.28. The van der Waals surface area contributed by atoms with Crippen molar-refractivity contribution in [1.82, 2.24) is 10.6 Å². The summed E-state index contributed by atoms with van der Waals surface area (Å²) in [4.78, 5) is 23.5. The molecular formula is C19H26N2O4. The molecule has 25 heavy (non-hydrogen) atoms. The summed E-state index contributed by atoms with van der Waals surface area (Å²) in [5, 5.41) is 5.55. The molecule has 136 valence electrons. The average molecular weight is 346 g/mol. The van der Waals surface area contributed by atoms with Crippen molar-refractivity contribution in [3.05, 3.63) is 29.3 Å². The molecule has 2 unspecified atom stereocenters. The molecule has 1 aromatic carbocycles. The number of amides is 2. The van der Waals surface area contributed by atoms with E-state index in [4.69, 9.17) is 9.47 Å². The lowest BCUT2D eigenvalue weighted by molar-refractivity contribution is -0.123. The highest BCUT2D eigenvalue weighted by atomic mass is 16.5. The van der Waals surface area contributed by atoms with Gasteiger partial charge in [0, 0.05) is 18.7 Å². The molecule has 1 aliphatic heterocycles. The van der Waals surface area contributed by atoms with Gasteiger partial charge in [0.15, 0.2) is 6.61 Å². The fourth-order valence-electron chi connectivity index (χ4n) is 3.41. The molecule has 3 rings (SSSR count). The Balaban J connectivity index is 1.34. The number of ether oxygens (including phenoxy) is 2. The van der Waals surface area contributed by atoms with Crippen LogP contribution in [0.15, 0.2) is 18.2 Å². The first-order valence-electron chi connectivity index (χ1n) is 9.05. The second-order valence-electron chi connectivity index (χ2n) is 6.81. The molecule has 1 aromatic rings. The Morgan fingerprint density at radius 1 is 1.32 bits per heavy atom. The van der Waals surface area contributed by atoms with Crippen molar-refractivity contribution in [3.8, 4) is 5.75 Å². The molecule has 2 N–H and O–H groups in total. The first-order chi connectivity index (χ1) is 12.1. The molecule has 1 saturated carbocycles. The Labute approximate surface area is 148 Å². The van der Waals surface area contributed by atoms with Crippen molar-refractivity contribution < 1.29 is 19.1 Å². The molecule has 0 bridgehead atoms. The number of carbonyl (C=O) groups excluding carboxylic acids is 2. The van der Waals surface area contributed by atoms with Gasteiger partial charge in [-0.2, -0.15) is 0 Å². The van der Waals surface area contributed by atoms with Gasteiger partial charge in [0.05, 0.1) is 12.7 Å². The van der Waals surface area contributed by atoms with E-state index < -0.39 is 0 Å². The molecule has 0 aromatic heterocycles. The predicted octanol–water partition coefficient (Wildman–Crippen LogP) is 2.02. The van der Waals surface area contributed by atoms with Gasteiger partial charge >= 0.3 is 0 Å². The zero-order valence-electron chi connectivity index (χ0n) is 14.7. The van der Waals surface area contributed by atoms with Gasteiger partial charge in [0.2, 0.25) is 0 Å². The van der Waals surface area contributed by atoms with Crippen LogP contribution in [0, 0.1) is 5.92 Å². The number of hydrogen-bond acceptors (Lipinski definition) is 4. The van der Waals surface area contributed by atoms with E-state index in [0.29, 0.717) is 43.0 Å². The summed E-state index contributed by atoms with van der Waals surface area (Å²) in [6.45, 7) is 3.72. The van der Waals surface area contributed by atoms with Crippen LogP contribution < -0.4 is 15.4 Å². The Kier molecular flexibility index (Phi) is 5.91. The van der Waals surface area contributed by atoms with Crippen LogP contribution in [0.3, 0.4) is 0 Å². The van der Waals surface area contributed by atoms with E-state index in [2.05, 4.69) is 17.6 Å². The Bertz CT molecular complexity index is 632. The topological polar surface area (TPSA) is 76.7 Å². The van der Waals surface area contributed by atoms with Gasteiger partial charge in [-0.05, 0) is 36.5 Å². The van der Waals surface area contributed by atoms with Crippen LogP contribution in [0.2, 0.25) is 0 Å². The predicted molar refractivity (Wildman–Crippen MR) is 93.5 cm³/mol. The summed E-state index contributed by atoms with van der Waals surface area (Å²) in [5.74, 6) is 0.840. The van der Waals surface area contributed by atoms with E-state index in [9.17, 15) is 9.59 Å². The monoisotopic (exact) mass is 346 g/mol. The van der Waals surface area contributed by atoms with Crippen LogP contribution in [-0.2, 0) is 16.1 Å². The van der Waals surface area contributed by atoms with Crippen LogP contribution in [0.4, 0.5) is 0 Å². The summed E-state index contributed by atoms with van der Waals surface area (Å²) in [6.07, 6.45) is 5.18. The van der Waals surface area contributed by atoms with E-state index in [0.717, 1.165) is 12.0 Å². The highest BCUT2D eigenvalue weighted by Gasteiger charge is 2.21. The third-order valence-electron chi connectivity index (χ3n) is 4.92. The second kappa shape index (κ2) is 8.34. The maximum atomic E-state index is 11.9. The second-order valence-corrected chi connectivity index (χ2v) is 6.81. The smallest absolute Gasteiger partial charge is 0.258 e. The van der Waals surface area contributed by atoms with Gasteiger partial charge in [-0.3, -0.25) is 9.59 Å². The molecule has 2 atom stereocenters. The highest BCUT2D eigenvalue weighted by molar-refractivity contribution is 5.98. The van der Waals surface area contributed by atoms with Crippen LogP contribution in [0.5, 0.6) is 5.75 Å². The third kappa shape index (κ3) is 4.72. The molecule has 0 spiro atoms. The van der Waals surface area contributed by atoms with E-state index >= 15 is 0 Å². The number of fused-ring (bicyclic) bond motifs is 1. The maximum Gasteiger partial charge on any atom is 0.258 e. The number of hydrogen-bond donors (Lipinski definition) is 2. The normalized spacial score (nSPS) is 22.2. The Hall–Kier alpha value is -2.08. The number of carbonyl (C=O) groups is 2. The summed E-state index contributed by atoms with van der Waals surface area (Å²) in [7, 11) is 0. The molecule has 1 aliphatic carbocycles. The third-order valence-corrected chi connectivity index (χ3v) is 4.92. The molecule has 6 nitrogen and oxygen atoms in total. The van der Waals surface area contributed by atoms with E-state index in [1.165, 1.54) is 19.3 Å². The zero-order chi connectivity index (χ0) is 17.6. The minimum atomic E-state index is -0.190. The number of nitrogens with one attached hydrogen (secondary N) is 2. The number of rotatable bonds is 7. The average Bonchev–Trinajstić information content (AvgIpc) is 2.99. The fourth-order valence-corrected chi connectivity index (χ4v) is 3.41. The Morgan fingerprint density at radius 3 is 3.00 bits per heavy atom. The van der Waals surface area contributed by atoms with Crippen molar-refractivity contribution in [1.29, 1.82) is 0 Å². The molecule has 1 heterocycles. The Morgan fingerprint density at radius 2 is 2.16 bits per heavy atom. The first kappa shape index (κ1) is 17.7. The van der Waals surface area contributed by atoms with Crippen molar-refractivity contribution in [2.75, 3.05) is 19.8 Å². The summed E-state index contributed by atoms with van der Waals surface area (Å²) in [6, 6.07) is 5.30. The van der Waals surface area contributed by atoms with Gasteiger partial charge in [0.25, 0.3) is 11.8 Å². The van der Waals surface area contributed by atoms with Crippen LogP contribution in [0.1, 0.15) is 48.5 Å².